The van der Waals surface area contributed by atoms with Crippen LogP contribution < -0.4 is 0 Å². The molecule has 2 aromatic carbocycles. The van der Waals surface area contributed by atoms with Crippen LogP contribution in [0.1, 0.15) is 28.7 Å². The fraction of sp³-hybridized carbons (Fsp3) is 0.158. The van der Waals surface area contributed by atoms with Gasteiger partial charge < -0.3 is 0 Å². The first-order chi connectivity index (χ1) is 15.0. The second-order valence-electron chi connectivity index (χ2n) is 6.57. The van der Waals surface area contributed by atoms with Crippen molar-refractivity contribution in [2.75, 3.05) is 0 Å². The minimum absolute atomic E-state index is 0.495. The zero-order chi connectivity index (χ0) is 25.2. The van der Waals surface area contributed by atoms with Crippen LogP contribution in [0.4, 0.5) is 61.5 Å². The first-order valence-electron chi connectivity index (χ1n) is 8.26. The SMILES string of the molecule is Fc1c(F)c(C(F)(F)F)c(F)c(F)c1C1=CC=C(c2c(F)c(F)c(C(F)(F)F)c(F)c2F)C1. The highest BCUT2D eigenvalue weighted by atomic mass is 19.4. The van der Waals surface area contributed by atoms with Crippen molar-refractivity contribution >= 4 is 11.1 Å². The molecule has 14 heteroatoms. The summed E-state index contributed by atoms with van der Waals surface area (Å²) in [4.78, 5) is 0. The Morgan fingerprint density at radius 3 is 0.879 bits per heavy atom. The maximum absolute atomic E-state index is 14.1. The van der Waals surface area contributed by atoms with Gasteiger partial charge in [-0.2, -0.15) is 26.3 Å². The average Bonchev–Trinajstić information content (AvgIpc) is 3.12. The Labute approximate surface area is 173 Å². The van der Waals surface area contributed by atoms with Crippen LogP contribution in [0.3, 0.4) is 0 Å². The van der Waals surface area contributed by atoms with E-state index < -0.39 is 98.7 Å². The van der Waals surface area contributed by atoms with Gasteiger partial charge in [-0.05, 0) is 17.6 Å². The Morgan fingerprint density at radius 2 is 0.667 bits per heavy atom. The van der Waals surface area contributed by atoms with Crippen LogP contribution in [0.25, 0.3) is 11.1 Å². The quantitative estimate of drug-likeness (QED) is 0.294. The molecule has 0 heterocycles. The molecule has 0 unspecified atom stereocenters. The van der Waals surface area contributed by atoms with Gasteiger partial charge in [0.25, 0.3) is 0 Å². The molecule has 0 saturated heterocycles. The molecule has 2 aromatic rings. The summed E-state index contributed by atoms with van der Waals surface area (Å²) in [5, 5.41) is 0. The van der Waals surface area contributed by atoms with Crippen molar-refractivity contribution in [1.82, 2.24) is 0 Å². The number of hydrogen-bond acceptors (Lipinski definition) is 0. The van der Waals surface area contributed by atoms with Gasteiger partial charge in [0.05, 0.1) is 11.1 Å². The smallest absolute Gasteiger partial charge is 0.203 e. The molecule has 178 valence electrons. The summed E-state index contributed by atoms with van der Waals surface area (Å²) < 4.78 is 188. The zero-order valence-electron chi connectivity index (χ0n) is 15.2. The lowest BCUT2D eigenvalue weighted by atomic mass is 9.94. The van der Waals surface area contributed by atoms with E-state index in [4.69, 9.17) is 0 Å². The highest BCUT2D eigenvalue weighted by molar-refractivity contribution is 5.87. The molecule has 0 fully saturated rings. The highest BCUT2D eigenvalue weighted by Gasteiger charge is 2.44. The predicted molar refractivity (Wildman–Crippen MR) is 83.1 cm³/mol. The molecule has 3 rings (SSSR count). The van der Waals surface area contributed by atoms with Crippen LogP contribution in [0, 0.1) is 46.5 Å². The first kappa shape index (κ1) is 24.6. The van der Waals surface area contributed by atoms with Crippen molar-refractivity contribution < 1.29 is 61.5 Å². The van der Waals surface area contributed by atoms with Crippen LogP contribution in [-0.2, 0) is 12.4 Å². The van der Waals surface area contributed by atoms with E-state index in [1.54, 1.807) is 0 Å². The third kappa shape index (κ3) is 3.84. The van der Waals surface area contributed by atoms with Crippen LogP contribution in [0.5, 0.6) is 0 Å². The summed E-state index contributed by atoms with van der Waals surface area (Å²) in [5.41, 5.74) is -11.1. The van der Waals surface area contributed by atoms with E-state index in [-0.39, 0.29) is 0 Å². The summed E-state index contributed by atoms with van der Waals surface area (Å²) >= 11 is 0. The van der Waals surface area contributed by atoms with Gasteiger partial charge in [-0.25, -0.2) is 35.1 Å². The Bertz CT molecular complexity index is 1070. The standard InChI is InChI=1S/C19H4F14/c20-10-6(11(21)15(25)8(14(10)24)18(28,29)30)4-1-2-5(3-4)7-12(22)16(26)9(19(31,32)33)17(27)13(7)23/h1-2H,3H2. The molecule has 0 atom stereocenters. The number of allylic oxidation sites excluding steroid dienone is 4. The molecular formula is C19H4F14. The second kappa shape index (κ2) is 7.76. The third-order valence-corrected chi connectivity index (χ3v) is 4.60. The van der Waals surface area contributed by atoms with Crippen LogP contribution in [0.2, 0.25) is 0 Å². The maximum Gasteiger partial charge on any atom is 0.422 e. The molecule has 0 saturated carbocycles. The molecule has 0 radical (unpaired) electrons. The van der Waals surface area contributed by atoms with Gasteiger partial charge in [-0.3, -0.25) is 0 Å². The molecular weight excluding hydrogens is 494 g/mol. The van der Waals surface area contributed by atoms with E-state index in [2.05, 4.69) is 0 Å². The van der Waals surface area contributed by atoms with E-state index in [0.29, 0.717) is 12.2 Å². The van der Waals surface area contributed by atoms with Crippen molar-refractivity contribution in [2.45, 2.75) is 18.8 Å². The van der Waals surface area contributed by atoms with Crippen LogP contribution in [-0.4, -0.2) is 0 Å². The number of hydrogen-bond donors (Lipinski definition) is 0. The minimum atomic E-state index is -5.84. The third-order valence-electron chi connectivity index (χ3n) is 4.60. The lowest BCUT2D eigenvalue weighted by molar-refractivity contribution is -0.144. The van der Waals surface area contributed by atoms with Crippen molar-refractivity contribution in [3.8, 4) is 0 Å². The molecule has 1 aliphatic rings. The molecule has 0 N–H and O–H groups in total. The van der Waals surface area contributed by atoms with Crippen molar-refractivity contribution in [1.29, 1.82) is 0 Å². The van der Waals surface area contributed by atoms with Gasteiger partial charge in [0.15, 0.2) is 46.5 Å². The fourth-order valence-corrected chi connectivity index (χ4v) is 3.19. The minimum Gasteiger partial charge on any atom is -0.203 e. The van der Waals surface area contributed by atoms with E-state index in [9.17, 15) is 61.5 Å². The molecule has 0 spiro atoms. The maximum atomic E-state index is 14.1. The summed E-state index contributed by atoms with van der Waals surface area (Å²) in [6.07, 6.45) is -11.9. The molecule has 1 aliphatic carbocycles. The zero-order valence-corrected chi connectivity index (χ0v) is 15.2. The van der Waals surface area contributed by atoms with Gasteiger partial charge >= 0.3 is 12.4 Å². The van der Waals surface area contributed by atoms with Gasteiger partial charge in [-0.1, -0.05) is 12.2 Å². The Morgan fingerprint density at radius 1 is 0.424 bits per heavy atom. The van der Waals surface area contributed by atoms with Gasteiger partial charge in [0.2, 0.25) is 0 Å². The predicted octanol–water partition coefficient (Wildman–Crippen LogP) is 7.71. The molecule has 0 aliphatic heterocycles. The van der Waals surface area contributed by atoms with E-state index in [0.717, 1.165) is 0 Å². The lowest BCUT2D eigenvalue weighted by Crippen LogP contribution is -2.17. The summed E-state index contributed by atoms with van der Waals surface area (Å²) in [5.74, 6) is -21.5. The van der Waals surface area contributed by atoms with Gasteiger partial charge in [0, 0.05) is 0 Å². The number of benzene rings is 2. The highest BCUT2D eigenvalue weighted by Crippen LogP contribution is 2.44. The average molecular weight is 498 g/mol. The summed E-state index contributed by atoms with van der Waals surface area (Å²) in [6, 6.07) is 0. The van der Waals surface area contributed by atoms with Crippen LogP contribution >= 0.6 is 0 Å². The normalized spacial score (nSPS) is 14.6. The van der Waals surface area contributed by atoms with Crippen molar-refractivity contribution in [3.63, 3.8) is 0 Å². The fourth-order valence-electron chi connectivity index (χ4n) is 3.19. The van der Waals surface area contributed by atoms with Crippen molar-refractivity contribution in [2.24, 2.45) is 0 Å². The van der Waals surface area contributed by atoms with Gasteiger partial charge in [0.1, 0.15) is 11.1 Å². The molecule has 0 aromatic heterocycles. The Kier molecular flexibility index (Phi) is 5.78. The Hall–Kier alpha value is -3.06. The summed E-state index contributed by atoms with van der Waals surface area (Å²) in [7, 11) is 0. The van der Waals surface area contributed by atoms with Crippen molar-refractivity contribution in [3.05, 3.63) is 80.9 Å². The van der Waals surface area contributed by atoms with E-state index in [1.807, 2.05) is 0 Å². The van der Waals surface area contributed by atoms with Crippen LogP contribution in [0.15, 0.2) is 12.2 Å². The van der Waals surface area contributed by atoms with E-state index in [1.165, 1.54) is 0 Å². The lowest BCUT2D eigenvalue weighted by Gasteiger charge is -2.16. The van der Waals surface area contributed by atoms with Gasteiger partial charge in [-0.15, -0.1) is 0 Å². The molecule has 33 heavy (non-hydrogen) atoms. The monoisotopic (exact) mass is 498 g/mol. The summed E-state index contributed by atoms with van der Waals surface area (Å²) in [6.45, 7) is 0. The molecule has 0 bridgehead atoms. The molecule has 0 amide bonds. The number of halogens is 14. The largest absolute Gasteiger partial charge is 0.422 e. The molecule has 0 nitrogen and oxygen atoms in total. The Balaban J connectivity index is 2.10. The van der Waals surface area contributed by atoms with E-state index >= 15 is 0 Å². The number of rotatable bonds is 2. The second-order valence-corrected chi connectivity index (χ2v) is 6.57. The topological polar surface area (TPSA) is 0 Å². The number of alkyl halides is 6. The first-order valence-corrected chi connectivity index (χ1v) is 8.26.